The van der Waals surface area contributed by atoms with Crippen LogP contribution >= 0.6 is 12.6 Å². The molecule has 1 amide bonds. The van der Waals surface area contributed by atoms with E-state index in [2.05, 4.69) is 17.9 Å². The van der Waals surface area contributed by atoms with Crippen molar-refractivity contribution in [2.45, 2.75) is 65.5 Å². The minimum Gasteiger partial charge on any atom is -0.480 e. The number of carboxylic acid groups (broad SMARTS) is 1. The Labute approximate surface area is 126 Å². The van der Waals surface area contributed by atoms with E-state index in [0.29, 0.717) is 6.42 Å². The fourth-order valence-corrected chi connectivity index (χ4v) is 2.08. The number of carbonyl (C=O) groups is 2. The Bertz CT molecular complexity index is 337. The summed E-state index contributed by atoms with van der Waals surface area (Å²) in [6, 6.07) is -0.975. The highest BCUT2D eigenvalue weighted by molar-refractivity contribution is 7.80. The van der Waals surface area contributed by atoms with Gasteiger partial charge in [0.2, 0.25) is 0 Å². The van der Waals surface area contributed by atoms with Gasteiger partial charge in [-0.05, 0) is 44.8 Å². The summed E-state index contributed by atoms with van der Waals surface area (Å²) in [6.07, 6.45) is 1.79. The number of hydrogen-bond acceptors (Lipinski definition) is 4. The number of alkyl carbamates (subject to hydrolysis) is 1. The molecule has 0 unspecified atom stereocenters. The Morgan fingerprint density at radius 3 is 2.15 bits per heavy atom. The van der Waals surface area contributed by atoms with E-state index < -0.39 is 29.1 Å². The van der Waals surface area contributed by atoms with Gasteiger partial charge in [0.05, 0.1) is 0 Å². The van der Waals surface area contributed by atoms with E-state index in [1.807, 2.05) is 13.8 Å². The first-order valence-corrected chi connectivity index (χ1v) is 7.46. The number of unbranched alkanes of at least 4 members (excludes halogenated alkanes) is 1. The maximum Gasteiger partial charge on any atom is 0.408 e. The van der Waals surface area contributed by atoms with Gasteiger partial charge in [0.15, 0.2) is 0 Å². The number of amides is 1. The highest BCUT2D eigenvalue weighted by Crippen LogP contribution is 2.28. The predicted molar refractivity (Wildman–Crippen MR) is 82.3 cm³/mol. The monoisotopic (exact) mass is 305 g/mol. The van der Waals surface area contributed by atoms with Gasteiger partial charge in [-0.3, -0.25) is 0 Å². The number of aliphatic carboxylic acids is 1. The lowest BCUT2D eigenvalue weighted by atomic mass is 9.80. The van der Waals surface area contributed by atoms with Crippen molar-refractivity contribution in [3.8, 4) is 0 Å². The van der Waals surface area contributed by atoms with Gasteiger partial charge in [0.25, 0.3) is 0 Å². The summed E-state index contributed by atoms with van der Waals surface area (Å²) in [4.78, 5) is 23.1. The van der Waals surface area contributed by atoms with E-state index in [1.54, 1.807) is 20.8 Å². The van der Waals surface area contributed by atoms with Gasteiger partial charge < -0.3 is 15.2 Å². The van der Waals surface area contributed by atoms with Crippen molar-refractivity contribution in [1.82, 2.24) is 5.32 Å². The Kier molecular flexibility index (Phi) is 7.41. The van der Waals surface area contributed by atoms with E-state index >= 15 is 0 Å². The molecule has 0 radical (unpaired) electrons. The van der Waals surface area contributed by atoms with Crippen molar-refractivity contribution in [2.24, 2.45) is 5.41 Å². The van der Waals surface area contributed by atoms with Crippen molar-refractivity contribution in [3.63, 3.8) is 0 Å². The first-order valence-electron chi connectivity index (χ1n) is 6.83. The molecular formula is C14H27NO4S. The summed E-state index contributed by atoms with van der Waals surface area (Å²) in [7, 11) is 0. The zero-order chi connectivity index (χ0) is 16.0. The second-order valence-corrected chi connectivity index (χ2v) is 7.03. The van der Waals surface area contributed by atoms with Crippen LogP contribution in [0.4, 0.5) is 4.79 Å². The maximum atomic E-state index is 11.7. The first-order chi connectivity index (χ1) is 8.99. The van der Waals surface area contributed by atoms with E-state index in [4.69, 9.17) is 4.74 Å². The third-order valence-electron chi connectivity index (χ3n) is 2.92. The molecule has 0 aliphatic rings. The minimum absolute atomic E-state index is 0.550. The van der Waals surface area contributed by atoms with Crippen molar-refractivity contribution in [3.05, 3.63) is 0 Å². The summed E-state index contributed by atoms with van der Waals surface area (Å²) in [6.45, 7) is 8.88. The summed E-state index contributed by atoms with van der Waals surface area (Å²) in [5.74, 6) is -0.278. The van der Waals surface area contributed by atoms with Gasteiger partial charge in [-0.25, -0.2) is 9.59 Å². The number of rotatable bonds is 7. The van der Waals surface area contributed by atoms with Gasteiger partial charge >= 0.3 is 12.1 Å². The molecule has 6 heteroatoms. The fourth-order valence-electron chi connectivity index (χ4n) is 1.85. The van der Waals surface area contributed by atoms with Crippen LogP contribution in [0.2, 0.25) is 0 Å². The van der Waals surface area contributed by atoms with Gasteiger partial charge in [-0.1, -0.05) is 20.3 Å². The third-order valence-corrected chi connectivity index (χ3v) is 3.23. The SMILES string of the molecule is CC(C)(C)OC(=O)N[C@H](C(=O)O)C(C)(C)CCCCS. The van der Waals surface area contributed by atoms with Crippen LogP contribution in [0.15, 0.2) is 0 Å². The largest absolute Gasteiger partial charge is 0.480 e. The molecule has 2 N–H and O–H groups in total. The van der Waals surface area contributed by atoms with E-state index in [-0.39, 0.29) is 0 Å². The molecule has 118 valence electrons. The third kappa shape index (κ3) is 7.62. The number of ether oxygens (including phenoxy) is 1. The smallest absolute Gasteiger partial charge is 0.408 e. The van der Waals surface area contributed by atoms with Gasteiger partial charge in [0.1, 0.15) is 11.6 Å². The van der Waals surface area contributed by atoms with Crippen molar-refractivity contribution < 1.29 is 19.4 Å². The zero-order valence-corrected chi connectivity index (χ0v) is 13.9. The average Bonchev–Trinajstić information content (AvgIpc) is 2.23. The van der Waals surface area contributed by atoms with E-state index in [9.17, 15) is 14.7 Å². The quantitative estimate of drug-likeness (QED) is 0.499. The van der Waals surface area contributed by atoms with Crippen molar-refractivity contribution in [2.75, 3.05) is 5.75 Å². The maximum absolute atomic E-state index is 11.7. The second kappa shape index (κ2) is 7.76. The lowest BCUT2D eigenvalue weighted by Gasteiger charge is -2.32. The molecule has 0 aromatic heterocycles. The Balaban J connectivity index is 4.71. The minimum atomic E-state index is -1.05. The molecule has 0 rings (SSSR count). The van der Waals surface area contributed by atoms with Crippen molar-refractivity contribution >= 4 is 24.7 Å². The lowest BCUT2D eigenvalue weighted by molar-refractivity contribution is -0.142. The predicted octanol–water partition coefficient (Wildman–Crippen LogP) is 3.09. The normalized spacial score (nSPS) is 13.7. The summed E-state index contributed by atoms with van der Waals surface area (Å²) < 4.78 is 5.11. The van der Waals surface area contributed by atoms with E-state index in [0.717, 1.165) is 18.6 Å². The summed E-state index contributed by atoms with van der Waals surface area (Å²) in [5, 5.41) is 11.8. The summed E-state index contributed by atoms with van der Waals surface area (Å²) >= 11 is 4.14. The number of thiol groups is 1. The molecule has 20 heavy (non-hydrogen) atoms. The van der Waals surface area contributed by atoms with Crippen LogP contribution in [0.1, 0.15) is 53.9 Å². The highest BCUT2D eigenvalue weighted by atomic mass is 32.1. The fraction of sp³-hybridized carbons (Fsp3) is 0.857. The summed E-state index contributed by atoms with van der Waals surface area (Å²) in [5.41, 5.74) is -1.20. The van der Waals surface area contributed by atoms with Gasteiger partial charge in [0, 0.05) is 0 Å². The molecule has 0 aromatic carbocycles. The number of hydrogen-bond donors (Lipinski definition) is 3. The molecular weight excluding hydrogens is 278 g/mol. The second-order valence-electron chi connectivity index (χ2n) is 6.59. The molecule has 1 atom stereocenters. The molecule has 5 nitrogen and oxygen atoms in total. The van der Waals surface area contributed by atoms with Crippen molar-refractivity contribution in [1.29, 1.82) is 0 Å². The molecule has 0 heterocycles. The standard InChI is InChI=1S/C14H27NO4S/c1-13(2,3)19-12(18)15-10(11(16)17)14(4,5)8-6-7-9-20/h10,20H,6-9H2,1-5H3,(H,15,18)(H,16,17)/t10-/m1/s1. The van der Waals surface area contributed by atoms with Crippen LogP contribution in [-0.4, -0.2) is 34.6 Å². The van der Waals surface area contributed by atoms with Crippen LogP contribution in [0.3, 0.4) is 0 Å². The number of nitrogens with one attached hydrogen (secondary N) is 1. The van der Waals surface area contributed by atoms with Crippen LogP contribution in [0.5, 0.6) is 0 Å². The van der Waals surface area contributed by atoms with Crippen LogP contribution in [0, 0.1) is 5.41 Å². The van der Waals surface area contributed by atoms with E-state index in [1.165, 1.54) is 0 Å². The number of carbonyl (C=O) groups excluding carboxylic acids is 1. The van der Waals surface area contributed by atoms with Gasteiger partial charge in [-0.15, -0.1) is 0 Å². The highest BCUT2D eigenvalue weighted by Gasteiger charge is 2.37. The first kappa shape index (κ1) is 19.1. The molecule has 0 aliphatic carbocycles. The van der Waals surface area contributed by atoms with Crippen LogP contribution < -0.4 is 5.32 Å². The molecule has 0 bridgehead atoms. The zero-order valence-electron chi connectivity index (χ0n) is 13.0. The molecule has 0 saturated heterocycles. The topological polar surface area (TPSA) is 75.6 Å². The van der Waals surface area contributed by atoms with Crippen LogP contribution in [-0.2, 0) is 9.53 Å². The molecule has 0 spiro atoms. The number of carboxylic acids is 1. The molecule has 0 saturated carbocycles. The molecule has 0 aromatic rings. The Morgan fingerprint density at radius 1 is 1.20 bits per heavy atom. The average molecular weight is 305 g/mol. The Hall–Kier alpha value is -0.910. The molecule has 0 fully saturated rings. The van der Waals surface area contributed by atoms with Gasteiger partial charge in [-0.2, -0.15) is 12.6 Å². The Morgan fingerprint density at radius 2 is 1.75 bits per heavy atom. The molecule has 0 aliphatic heterocycles. The van der Waals surface area contributed by atoms with Crippen LogP contribution in [0.25, 0.3) is 0 Å². The lowest BCUT2D eigenvalue weighted by Crippen LogP contribution is -2.51.